The number of alkyl halides is 1. The van der Waals surface area contributed by atoms with E-state index >= 15 is 0 Å². The van der Waals surface area contributed by atoms with Gasteiger partial charge in [-0.25, -0.2) is 4.39 Å². The fraction of sp³-hybridized carbons (Fsp3) is 0.231. The number of thiophene rings is 1. The average molecular weight is 255 g/mol. The molecule has 1 aromatic heterocycles. The second-order valence-electron chi connectivity index (χ2n) is 3.89. The van der Waals surface area contributed by atoms with Gasteiger partial charge in [-0.1, -0.05) is 12.1 Å². The maximum Gasteiger partial charge on any atom is 0.129 e. The lowest BCUT2D eigenvalue weighted by molar-refractivity contribution is 0.608. The highest BCUT2D eigenvalue weighted by Gasteiger charge is 2.13. The average Bonchev–Trinajstić information content (AvgIpc) is 2.77. The molecule has 84 valence electrons. The molecule has 0 N–H and O–H groups in total. The van der Waals surface area contributed by atoms with Crippen LogP contribution in [0.5, 0.6) is 0 Å². The summed E-state index contributed by atoms with van der Waals surface area (Å²) >= 11 is 7.97. The molecule has 1 unspecified atom stereocenters. The van der Waals surface area contributed by atoms with Gasteiger partial charge >= 0.3 is 0 Å². The van der Waals surface area contributed by atoms with E-state index in [1.165, 1.54) is 0 Å². The molecule has 0 nitrogen and oxygen atoms in total. The summed E-state index contributed by atoms with van der Waals surface area (Å²) < 4.78 is 13.5. The van der Waals surface area contributed by atoms with E-state index in [9.17, 15) is 4.39 Å². The molecule has 0 spiro atoms. The van der Waals surface area contributed by atoms with Gasteiger partial charge in [-0.2, -0.15) is 11.3 Å². The van der Waals surface area contributed by atoms with Crippen LogP contribution in [0.1, 0.15) is 27.6 Å². The fourth-order valence-electron chi connectivity index (χ4n) is 1.74. The summed E-state index contributed by atoms with van der Waals surface area (Å²) in [4.78, 5) is 0. The number of hydrogen-bond acceptors (Lipinski definition) is 1. The van der Waals surface area contributed by atoms with Crippen molar-refractivity contribution in [1.29, 1.82) is 0 Å². The highest BCUT2D eigenvalue weighted by Crippen LogP contribution is 2.31. The molecule has 0 bridgehead atoms. The number of hydrogen-bond donors (Lipinski definition) is 0. The van der Waals surface area contributed by atoms with Crippen LogP contribution in [0.3, 0.4) is 0 Å². The summed E-state index contributed by atoms with van der Waals surface area (Å²) in [7, 11) is 0. The van der Waals surface area contributed by atoms with Crippen LogP contribution in [-0.2, 0) is 0 Å². The van der Waals surface area contributed by atoms with Crippen LogP contribution in [0.2, 0.25) is 0 Å². The Balaban J connectivity index is 2.42. The Kier molecular flexibility index (Phi) is 3.31. The quantitative estimate of drug-likeness (QED) is 0.673. The van der Waals surface area contributed by atoms with E-state index in [1.54, 1.807) is 25.2 Å². The van der Waals surface area contributed by atoms with Crippen molar-refractivity contribution in [2.24, 2.45) is 0 Å². The second kappa shape index (κ2) is 4.56. The van der Waals surface area contributed by atoms with Crippen molar-refractivity contribution in [2.75, 3.05) is 0 Å². The van der Waals surface area contributed by atoms with Gasteiger partial charge in [0.2, 0.25) is 0 Å². The van der Waals surface area contributed by atoms with E-state index in [0.29, 0.717) is 11.1 Å². The lowest BCUT2D eigenvalue weighted by Gasteiger charge is -2.11. The minimum Gasteiger partial charge on any atom is -0.206 e. The van der Waals surface area contributed by atoms with Gasteiger partial charge in [0, 0.05) is 0 Å². The molecule has 0 saturated heterocycles. The normalized spacial score (nSPS) is 12.8. The molecule has 1 heterocycles. The smallest absolute Gasteiger partial charge is 0.129 e. The molecule has 3 heteroatoms. The lowest BCUT2D eigenvalue weighted by atomic mass is 10.0. The molecule has 1 atom stereocenters. The molecule has 2 aromatic rings. The predicted octanol–water partition coefficient (Wildman–Crippen LogP) is 4.83. The zero-order valence-electron chi connectivity index (χ0n) is 9.13. The Labute approximate surface area is 104 Å². The monoisotopic (exact) mass is 254 g/mol. The Morgan fingerprint density at radius 2 is 1.81 bits per heavy atom. The second-order valence-corrected chi connectivity index (χ2v) is 5.10. The SMILES string of the molecule is Cc1cc(C(Cl)c2ccsc2)cc(C)c1F. The Morgan fingerprint density at radius 1 is 1.19 bits per heavy atom. The van der Waals surface area contributed by atoms with E-state index in [4.69, 9.17) is 11.6 Å². The summed E-state index contributed by atoms with van der Waals surface area (Å²) in [5.74, 6) is -0.141. The first-order valence-corrected chi connectivity index (χ1v) is 6.40. The van der Waals surface area contributed by atoms with Crippen LogP contribution >= 0.6 is 22.9 Å². The fourth-order valence-corrected chi connectivity index (χ4v) is 2.76. The van der Waals surface area contributed by atoms with E-state index in [0.717, 1.165) is 11.1 Å². The minimum atomic E-state index is -0.191. The Hall–Kier alpha value is -0.860. The predicted molar refractivity (Wildman–Crippen MR) is 67.9 cm³/mol. The molecule has 0 amide bonds. The van der Waals surface area contributed by atoms with Crippen molar-refractivity contribution in [2.45, 2.75) is 19.2 Å². The van der Waals surface area contributed by atoms with Gasteiger partial charge in [-0.05, 0) is 52.9 Å². The third-order valence-corrected chi connectivity index (χ3v) is 3.79. The zero-order chi connectivity index (χ0) is 11.7. The van der Waals surface area contributed by atoms with E-state index in [-0.39, 0.29) is 11.2 Å². The number of halogens is 2. The molecule has 0 saturated carbocycles. The van der Waals surface area contributed by atoms with Crippen molar-refractivity contribution in [3.63, 3.8) is 0 Å². The largest absolute Gasteiger partial charge is 0.206 e. The van der Waals surface area contributed by atoms with Crippen molar-refractivity contribution < 1.29 is 4.39 Å². The molecule has 16 heavy (non-hydrogen) atoms. The molecule has 0 fully saturated rings. The van der Waals surface area contributed by atoms with E-state index in [2.05, 4.69) is 0 Å². The van der Waals surface area contributed by atoms with Crippen LogP contribution in [0.25, 0.3) is 0 Å². The Morgan fingerprint density at radius 3 is 2.31 bits per heavy atom. The summed E-state index contributed by atoms with van der Waals surface area (Å²) in [6, 6.07) is 5.63. The molecule has 2 rings (SSSR count). The van der Waals surface area contributed by atoms with Crippen molar-refractivity contribution >= 4 is 22.9 Å². The first kappa shape index (κ1) is 11.6. The summed E-state index contributed by atoms with van der Waals surface area (Å²) in [5, 5.41) is 3.82. The highest BCUT2D eigenvalue weighted by molar-refractivity contribution is 7.08. The molecule has 0 aliphatic heterocycles. The van der Waals surface area contributed by atoms with E-state index < -0.39 is 0 Å². The van der Waals surface area contributed by atoms with Gasteiger partial charge in [0.1, 0.15) is 5.82 Å². The summed E-state index contributed by atoms with van der Waals surface area (Å²) in [6.45, 7) is 3.53. The summed E-state index contributed by atoms with van der Waals surface area (Å²) in [5.41, 5.74) is 3.32. The molecule has 0 aliphatic carbocycles. The first-order valence-electron chi connectivity index (χ1n) is 5.02. The van der Waals surface area contributed by atoms with E-state index in [1.807, 2.05) is 29.0 Å². The molecule has 1 aromatic carbocycles. The number of aryl methyl sites for hydroxylation is 2. The third-order valence-electron chi connectivity index (χ3n) is 2.59. The van der Waals surface area contributed by atoms with Gasteiger partial charge in [-0.15, -0.1) is 11.6 Å². The maximum atomic E-state index is 13.5. The standard InChI is InChI=1S/C13H12ClFS/c1-8-5-11(6-9(2)13(8)15)12(14)10-3-4-16-7-10/h3-7,12H,1-2H3. The minimum absolute atomic E-state index is 0.141. The van der Waals surface area contributed by atoms with Crippen LogP contribution in [0, 0.1) is 19.7 Å². The summed E-state index contributed by atoms with van der Waals surface area (Å²) in [6.07, 6.45) is 0. The van der Waals surface area contributed by atoms with Gasteiger partial charge in [0.25, 0.3) is 0 Å². The third kappa shape index (κ3) is 2.13. The molecular weight excluding hydrogens is 243 g/mol. The Bertz CT molecular complexity index is 468. The zero-order valence-corrected chi connectivity index (χ0v) is 10.7. The lowest BCUT2D eigenvalue weighted by Crippen LogP contribution is -1.96. The number of rotatable bonds is 2. The van der Waals surface area contributed by atoms with Crippen molar-refractivity contribution in [3.05, 3.63) is 57.0 Å². The van der Waals surface area contributed by atoms with Gasteiger partial charge in [-0.3, -0.25) is 0 Å². The van der Waals surface area contributed by atoms with Gasteiger partial charge in [0.15, 0.2) is 0 Å². The van der Waals surface area contributed by atoms with Crippen molar-refractivity contribution in [1.82, 2.24) is 0 Å². The topological polar surface area (TPSA) is 0 Å². The molecule has 0 radical (unpaired) electrons. The highest BCUT2D eigenvalue weighted by atomic mass is 35.5. The van der Waals surface area contributed by atoms with Gasteiger partial charge in [0.05, 0.1) is 5.38 Å². The molecular formula is C13H12ClFS. The van der Waals surface area contributed by atoms with Crippen LogP contribution in [0.15, 0.2) is 29.0 Å². The first-order chi connectivity index (χ1) is 7.59. The van der Waals surface area contributed by atoms with Crippen LogP contribution in [-0.4, -0.2) is 0 Å². The maximum absolute atomic E-state index is 13.5. The van der Waals surface area contributed by atoms with Gasteiger partial charge < -0.3 is 0 Å². The number of benzene rings is 1. The van der Waals surface area contributed by atoms with Crippen LogP contribution in [0.4, 0.5) is 4.39 Å². The van der Waals surface area contributed by atoms with Crippen LogP contribution < -0.4 is 0 Å². The molecule has 0 aliphatic rings. The van der Waals surface area contributed by atoms with Crippen molar-refractivity contribution in [3.8, 4) is 0 Å².